The molecule has 8 nitrogen and oxygen atoms in total. The van der Waals surface area contributed by atoms with Gasteiger partial charge in [0, 0.05) is 20.6 Å². The van der Waals surface area contributed by atoms with Crippen LogP contribution in [-0.2, 0) is 20.6 Å². The van der Waals surface area contributed by atoms with Crippen LogP contribution in [0.2, 0.25) is 10.0 Å². The Balaban J connectivity index is 1.70. The van der Waals surface area contributed by atoms with Gasteiger partial charge in [-0.3, -0.25) is 13.9 Å². The predicted octanol–water partition coefficient (Wildman–Crippen LogP) is 2.93. The van der Waals surface area contributed by atoms with Crippen LogP contribution in [0.1, 0.15) is 17.2 Å². The number of aromatic nitrogens is 4. The molecule has 4 rings (SSSR count). The zero-order chi connectivity index (χ0) is 23.0. The number of aliphatic hydroxyl groups is 1. The lowest BCUT2D eigenvalue weighted by molar-refractivity contribution is 0.191. The summed E-state index contributed by atoms with van der Waals surface area (Å²) in [5, 5.41) is 14.2. The fourth-order valence-electron chi connectivity index (χ4n) is 3.54. The molecule has 10 heteroatoms. The molecular formula is C22H21Cl2N5O3. The topological polar surface area (TPSA) is 94.1 Å². The number of rotatable bonds is 6. The lowest BCUT2D eigenvalue weighted by Gasteiger charge is -2.12. The minimum Gasteiger partial charge on any atom is -0.387 e. The molecular weight excluding hydrogens is 453 g/mol. The number of benzene rings is 2. The van der Waals surface area contributed by atoms with Crippen LogP contribution in [0, 0.1) is 0 Å². The average Bonchev–Trinajstić information content (AvgIpc) is 3.13. The van der Waals surface area contributed by atoms with Crippen molar-refractivity contribution in [2.75, 3.05) is 11.9 Å². The van der Waals surface area contributed by atoms with Crippen molar-refractivity contribution < 1.29 is 5.11 Å². The third kappa shape index (κ3) is 4.04. The summed E-state index contributed by atoms with van der Waals surface area (Å²) in [6.45, 7) is 0.228. The van der Waals surface area contributed by atoms with Gasteiger partial charge in [0.2, 0.25) is 5.95 Å². The van der Waals surface area contributed by atoms with E-state index in [0.717, 1.165) is 10.1 Å². The number of nitrogens with zero attached hydrogens (tertiary/aromatic N) is 4. The quantitative estimate of drug-likeness (QED) is 0.448. The molecule has 2 N–H and O–H groups in total. The Kier molecular flexibility index (Phi) is 6.10. The molecule has 4 aromatic rings. The fourth-order valence-corrected chi connectivity index (χ4v) is 3.86. The van der Waals surface area contributed by atoms with Crippen molar-refractivity contribution in [3.05, 3.63) is 90.5 Å². The third-order valence-corrected chi connectivity index (χ3v) is 6.06. The van der Waals surface area contributed by atoms with E-state index in [4.69, 9.17) is 23.2 Å². The molecule has 0 radical (unpaired) electrons. The predicted molar refractivity (Wildman–Crippen MR) is 126 cm³/mol. The van der Waals surface area contributed by atoms with Crippen LogP contribution in [0.25, 0.3) is 11.2 Å². The molecule has 0 aliphatic heterocycles. The minimum absolute atomic E-state index is 0.0407. The van der Waals surface area contributed by atoms with E-state index in [-0.39, 0.29) is 24.3 Å². The van der Waals surface area contributed by atoms with E-state index in [9.17, 15) is 14.7 Å². The van der Waals surface area contributed by atoms with Gasteiger partial charge in [-0.2, -0.15) is 4.98 Å². The Labute approximate surface area is 193 Å². The second kappa shape index (κ2) is 8.82. The lowest BCUT2D eigenvalue weighted by atomic mass is 10.1. The van der Waals surface area contributed by atoms with Crippen LogP contribution in [0.5, 0.6) is 0 Å². The van der Waals surface area contributed by atoms with Crippen LogP contribution in [0.4, 0.5) is 5.95 Å². The SMILES string of the molecule is Cn1c(NC[C@H](O)c2ccccc2)nc2c1c(=O)n(Cc1ccc(Cl)c(Cl)c1)c(=O)n2C. The molecule has 0 saturated carbocycles. The largest absolute Gasteiger partial charge is 0.387 e. The Morgan fingerprint density at radius 2 is 1.75 bits per heavy atom. The summed E-state index contributed by atoms with van der Waals surface area (Å²) in [4.78, 5) is 30.5. The van der Waals surface area contributed by atoms with Gasteiger partial charge in [0.1, 0.15) is 0 Å². The van der Waals surface area contributed by atoms with Crippen molar-refractivity contribution in [2.24, 2.45) is 14.1 Å². The van der Waals surface area contributed by atoms with Crippen LogP contribution in [0.3, 0.4) is 0 Å². The first-order valence-electron chi connectivity index (χ1n) is 9.85. The first kappa shape index (κ1) is 22.1. The summed E-state index contributed by atoms with van der Waals surface area (Å²) >= 11 is 12.0. The molecule has 0 unspecified atom stereocenters. The minimum atomic E-state index is -0.758. The maximum absolute atomic E-state index is 13.2. The van der Waals surface area contributed by atoms with Gasteiger partial charge in [-0.1, -0.05) is 59.6 Å². The van der Waals surface area contributed by atoms with Crippen LogP contribution >= 0.6 is 23.2 Å². The smallest absolute Gasteiger partial charge is 0.332 e. The number of fused-ring (bicyclic) bond motifs is 1. The summed E-state index contributed by atoms with van der Waals surface area (Å²) in [6.07, 6.45) is -0.758. The molecule has 2 heterocycles. The fraction of sp³-hybridized carbons (Fsp3) is 0.227. The highest BCUT2D eigenvalue weighted by Crippen LogP contribution is 2.23. The number of aliphatic hydroxyl groups excluding tert-OH is 1. The number of hydrogen-bond donors (Lipinski definition) is 2. The molecule has 0 saturated heterocycles. The van der Waals surface area contributed by atoms with Gasteiger partial charge in [0.15, 0.2) is 11.2 Å². The molecule has 0 amide bonds. The zero-order valence-electron chi connectivity index (χ0n) is 17.4. The number of halogens is 2. The highest BCUT2D eigenvalue weighted by atomic mass is 35.5. The maximum atomic E-state index is 13.2. The molecule has 166 valence electrons. The summed E-state index contributed by atoms with van der Waals surface area (Å²) in [5.41, 5.74) is 0.983. The summed E-state index contributed by atoms with van der Waals surface area (Å²) < 4.78 is 4.04. The van der Waals surface area contributed by atoms with E-state index in [1.54, 1.807) is 36.9 Å². The highest BCUT2D eigenvalue weighted by molar-refractivity contribution is 6.42. The summed E-state index contributed by atoms with van der Waals surface area (Å²) in [5.74, 6) is 0.370. The van der Waals surface area contributed by atoms with Crippen molar-refractivity contribution in [2.45, 2.75) is 12.6 Å². The number of imidazole rings is 1. The lowest BCUT2D eigenvalue weighted by Crippen LogP contribution is -2.39. The molecule has 0 fully saturated rings. The van der Waals surface area contributed by atoms with E-state index >= 15 is 0 Å². The Hall–Kier alpha value is -3.07. The molecule has 1 atom stereocenters. The molecule has 0 aliphatic rings. The Morgan fingerprint density at radius 3 is 2.44 bits per heavy atom. The molecule has 0 bridgehead atoms. The van der Waals surface area contributed by atoms with Crippen molar-refractivity contribution in [3.8, 4) is 0 Å². The monoisotopic (exact) mass is 473 g/mol. The Bertz CT molecular complexity index is 1410. The van der Waals surface area contributed by atoms with Crippen LogP contribution in [-0.4, -0.2) is 30.3 Å². The van der Waals surface area contributed by atoms with E-state index in [2.05, 4.69) is 10.3 Å². The molecule has 0 aliphatic carbocycles. The number of nitrogens with one attached hydrogen (secondary N) is 1. The Morgan fingerprint density at radius 1 is 1.03 bits per heavy atom. The molecule has 32 heavy (non-hydrogen) atoms. The van der Waals surface area contributed by atoms with E-state index < -0.39 is 17.4 Å². The van der Waals surface area contributed by atoms with Crippen LogP contribution in [0.15, 0.2) is 58.1 Å². The normalized spacial score (nSPS) is 12.3. The van der Waals surface area contributed by atoms with Crippen molar-refractivity contribution in [1.82, 2.24) is 18.7 Å². The molecule has 2 aromatic heterocycles. The van der Waals surface area contributed by atoms with E-state index in [1.807, 2.05) is 30.3 Å². The summed E-state index contributed by atoms with van der Waals surface area (Å²) in [7, 11) is 3.24. The number of aryl methyl sites for hydroxylation is 2. The van der Waals surface area contributed by atoms with Gasteiger partial charge in [-0.05, 0) is 23.3 Å². The number of anilines is 1. The van der Waals surface area contributed by atoms with Gasteiger partial charge in [-0.25, -0.2) is 4.79 Å². The first-order chi connectivity index (χ1) is 15.3. The zero-order valence-corrected chi connectivity index (χ0v) is 18.9. The molecule has 2 aromatic carbocycles. The third-order valence-electron chi connectivity index (χ3n) is 5.32. The second-order valence-electron chi connectivity index (χ2n) is 7.46. The van der Waals surface area contributed by atoms with Gasteiger partial charge in [0.25, 0.3) is 5.56 Å². The average molecular weight is 474 g/mol. The number of hydrogen-bond acceptors (Lipinski definition) is 5. The second-order valence-corrected chi connectivity index (χ2v) is 8.27. The highest BCUT2D eigenvalue weighted by Gasteiger charge is 2.19. The van der Waals surface area contributed by atoms with Gasteiger partial charge < -0.3 is 15.0 Å². The van der Waals surface area contributed by atoms with Crippen molar-refractivity contribution in [1.29, 1.82) is 0 Å². The van der Waals surface area contributed by atoms with Gasteiger partial charge in [-0.15, -0.1) is 0 Å². The summed E-state index contributed by atoms with van der Waals surface area (Å²) in [6, 6.07) is 14.2. The van der Waals surface area contributed by atoms with Crippen LogP contribution < -0.4 is 16.6 Å². The van der Waals surface area contributed by atoms with Crippen molar-refractivity contribution >= 4 is 40.3 Å². The first-order valence-corrected chi connectivity index (χ1v) is 10.6. The molecule has 0 spiro atoms. The standard InChI is InChI=1S/C22H21Cl2N5O3/c1-27-18-19(26-21(27)25-11-17(30)14-6-4-3-5-7-14)28(2)22(32)29(20(18)31)12-13-8-9-15(23)16(24)10-13/h3-10,17,30H,11-12H2,1-2H3,(H,25,26)/t17-/m0/s1. The van der Waals surface area contributed by atoms with E-state index in [1.165, 1.54) is 4.57 Å². The van der Waals surface area contributed by atoms with Gasteiger partial charge in [0.05, 0.1) is 22.7 Å². The van der Waals surface area contributed by atoms with Crippen molar-refractivity contribution in [3.63, 3.8) is 0 Å². The van der Waals surface area contributed by atoms with E-state index in [0.29, 0.717) is 21.6 Å². The maximum Gasteiger partial charge on any atom is 0.332 e. The van der Waals surface area contributed by atoms with Gasteiger partial charge >= 0.3 is 5.69 Å².